The highest BCUT2D eigenvalue weighted by atomic mass is 32.2. The van der Waals surface area contributed by atoms with E-state index in [0.717, 1.165) is 10.2 Å². The van der Waals surface area contributed by atoms with E-state index in [1.165, 1.54) is 23.5 Å². The summed E-state index contributed by atoms with van der Waals surface area (Å²) in [6, 6.07) is 10.1. The molecule has 30 heavy (non-hydrogen) atoms. The molecule has 0 bridgehead atoms. The molecule has 160 valence electrons. The number of nitrogens with zero attached hydrogens (tertiary/aromatic N) is 2. The van der Waals surface area contributed by atoms with Gasteiger partial charge in [0.1, 0.15) is 0 Å². The molecule has 2 aromatic carbocycles. The molecule has 0 aliphatic carbocycles. The largest absolute Gasteiger partial charge is 0.493 e. The summed E-state index contributed by atoms with van der Waals surface area (Å²) in [5.74, 6) is 0.907. The predicted octanol–water partition coefficient (Wildman–Crippen LogP) is 3.11. The van der Waals surface area contributed by atoms with E-state index in [4.69, 9.17) is 9.47 Å². The number of carbonyl (C=O) groups is 1. The second kappa shape index (κ2) is 8.61. The smallest absolute Gasteiger partial charge is 0.252 e. The highest BCUT2D eigenvalue weighted by Crippen LogP contribution is 2.33. The zero-order chi connectivity index (χ0) is 22.1. The number of rotatable bonds is 6. The van der Waals surface area contributed by atoms with E-state index in [9.17, 15) is 13.2 Å². The van der Waals surface area contributed by atoms with E-state index in [1.54, 1.807) is 40.2 Å². The number of methoxy groups -OCH3 is 2. The van der Waals surface area contributed by atoms with Crippen LogP contribution in [0.25, 0.3) is 10.2 Å². The van der Waals surface area contributed by atoms with Crippen molar-refractivity contribution in [2.24, 2.45) is 12.0 Å². The molecule has 0 radical (unpaired) electrons. The molecule has 1 aromatic heterocycles. The zero-order valence-corrected chi connectivity index (χ0v) is 19.1. The number of ether oxygens (including phenoxy) is 2. The molecule has 0 unspecified atom stereocenters. The third-order valence-corrected chi connectivity index (χ3v) is 8.03. The molecule has 1 heterocycles. The topological polar surface area (TPSA) is 87.0 Å². The molecule has 3 aromatic rings. The van der Waals surface area contributed by atoms with Gasteiger partial charge in [-0.1, -0.05) is 23.5 Å². The Morgan fingerprint density at radius 1 is 1.10 bits per heavy atom. The number of carbonyl (C=O) groups excluding carboxylic acids is 1. The average Bonchev–Trinajstić information content (AvgIpc) is 3.01. The molecular weight excluding hydrogens is 424 g/mol. The van der Waals surface area contributed by atoms with Crippen molar-refractivity contribution in [3.05, 3.63) is 46.8 Å². The lowest BCUT2D eigenvalue weighted by atomic mass is 10.1. The van der Waals surface area contributed by atoms with E-state index < -0.39 is 15.1 Å². The summed E-state index contributed by atoms with van der Waals surface area (Å²) in [5.41, 5.74) is 1.59. The molecule has 1 amide bonds. The van der Waals surface area contributed by atoms with Crippen molar-refractivity contribution in [3.63, 3.8) is 0 Å². The number of hydrogen-bond acceptors (Lipinski definition) is 6. The quantitative estimate of drug-likeness (QED) is 0.578. The Morgan fingerprint density at radius 2 is 1.70 bits per heavy atom. The first-order valence-electron chi connectivity index (χ1n) is 9.29. The van der Waals surface area contributed by atoms with Crippen molar-refractivity contribution in [1.82, 2.24) is 4.57 Å². The predicted molar refractivity (Wildman–Crippen MR) is 117 cm³/mol. The maximum atomic E-state index is 12.5. The van der Waals surface area contributed by atoms with Crippen molar-refractivity contribution >= 4 is 37.3 Å². The lowest BCUT2D eigenvalue weighted by Crippen LogP contribution is -2.15. The molecule has 0 aliphatic heterocycles. The first-order chi connectivity index (χ1) is 14.2. The maximum Gasteiger partial charge on any atom is 0.252 e. The minimum Gasteiger partial charge on any atom is -0.493 e. The minimum absolute atomic E-state index is 0.0862. The van der Waals surface area contributed by atoms with Crippen LogP contribution in [-0.4, -0.2) is 38.4 Å². The Hall–Kier alpha value is -2.65. The number of benzene rings is 2. The first kappa shape index (κ1) is 22.0. The van der Waals surface area contributed by atoms with Crippen LogP contribution in [0.2, 0.25) is 0 Å². The minimum atomic E-state index is -3.33. The van der Waals surface area contributed by atoms with Crippen molar-refractivity contribution in [2.45, 2.75) is 30.4 Å². The molecule has 3 rings (SSSR count). The van der Waals surface area contributed by atoms with Gasteiger partial charge in [0.15, 0.2) is 26.1 Å². The van der Waals surface area contributed by atoms with Gasteiger partial charge in [0.25, 0.3) is 5.91 Å². The van der Waals surface area contributed by atoms with E-state index in [2.05, 4.69) is 4.99 Å². The van der Waals surface area contributed by atoms with Crippen LogP contribution in [0.4, 0.5) is 0 Å². The Labute approximate surface area is 179 Å². The second-order valence-corrected chi connectivity index (χ2v) is 10.6. The fourth-order valence-electron chi connectivity index (χ4n) is 2.95. The number of sulfone groups is 1. The van der Waals surface area contributed by atoms with Gasteiger partial charge in [-0.05, 0) is 31.5 Å². The van der Waals surface area contributed by atoms with Gasteiger partial charge in [0, 0.05) is 19.2 Å². The summed E-state index contributed by atoms with van der Waals surface area (Å²) in [7, 11) is 1.65. The monoisotopic (exact) mass is 448 g/mol. The van der Waals surface area contributed by atoms with Crippen molar-refractivity contribution in [2.75, 3.05) is 14.2 Å². The Bertz CT molecular complexity index is 1250. The summed E-state index contributed by atoms with van der Waals surface area (Å²) in [6.07, 6.45) is 0.0862. The third-order valence-electron chi connectivity index (χ3n) is 4.76. The molecule has 9 heteroatoms. The van der Waals surface area contributed by atoms with Gasteiger partial charge >= 0.3 is 0 Å². The van der Waals surface area contributed by atoms with Crippen molar-refractivity contribution in [1.29, 1.82) is 0 Å². The molecule has 0 spiro atoms. The van der Waals surface area contributed by atoms with E-state index >= 15 is 0 Å². The summed E-state index contributed by atoms with van der Waals surface area (Å²) in [4.78, 5) is 17.6. The molecule has 0 N–H and O–H groups in total. The summed E-state index contributed by atoms with van der Waals surface area (Å²) < 4.78 is 37.9. The lowest BCUT2D eigenvalue weighted by molar-refractivity contribution is -0.117. The number of hydrogen-bond donors (Lipinski definition) is 0. The highest BCUT2D eigenvalue weighted by molar-refractivity contribution is 7.92. The molecule has 0 fully saturated rings. The van der Waals surface area contributed by atoms with Crippen LogP contribution in [0.1, 0.15) is 19.4 Å². The van der Waals surface area contributed by atoms with Gasteiger partial charge in [-0.25, -0.2) is 8.42 Å². The van der Waals surface area contributed by atoms with E-state index in [1.807, 2.05) is 23.7 Å². The van der Waals surface area contributed by atoms with Crippen LogP contribution in [0, 0.1) is 0 Å². The fourth-order valence-corrected chi connectivity index (χ4v) is 5.06. The summed E-state index contributed by atoms with van der Waals surface area (Å²) >= 11 is 1.38. The maximum absolute atomic E-state index is 12.5. The van der Waals surface area contributed by atoms with Crippen LogP contribution in [0.15, 0.2) is 46.3 Å². The van der Waals surface area contributed by atoms with Crippen molar-refractivity contribution in [3.8, 4) is 11.5 Å². The van der Waals surface area contributed by atoms with Crippen LogP contribution in [-0.2, 0) is 28.1 Å². The SMILES string of the molecule is COc1cc2sc(=NC(=O)Cc3ccc(S(=O)(=O)C(C)C)cc3)n(C)c2cc1OC. The van der Waals surface area contributed by atoms with E-state index in [0.29, 0.717) is 21.9 Å². The molecule has 0 aliphatic rings. The van der Waals surface area contributed by atoms with Crippen LogP contribution in [0.5, 0.6) is 11.5 Å². The van der Waals surface area contributed by atoms with Gasteiger partial charge in [0.2, 0.25) is 0 Å². The Morgan fingerprint density at radius 3 is 2.27 bits per heavy atom. The summed E-state index contributed by atoms with van der Waals surface area (Å²) in [5, 5.41) is -0.495. The first-order valence-corrected chi connectivity index (χ1v) is 11.7. The molecule has 0 atom stereocenters. The van der Waals surface area contributed by atoms with Crippen LogP contribution in [0.3, 0.4) is 0 Å². The number of amides is 1. The molecule has 7 nitrogen and oxygen atoms in total. The normalized spacial score (nSPS) is 12.5. The second-order valence-electron chi connectivity index (χ2n) is 7.04. The molecule has 0 saturated heterocycles. The van der Waals surface area contributed by atoms with E-state index in [-0.39, 0.29) is 17.2 Å². The van der Waals surface area contributed by atoms with Gasteiger partial charge < -0.3 is 14.0 Å². The number of thiazole rings is 1. The van der Waals surface area contributed by atoms with Gasteiger partial charge in [0.05, 0.1) is 41.0 Å². The van der Waals surface area contributed by atoms with Gasteiger partial charge in [-0.15, -0.1) is 0 Å². The van der Waals surface area contributed by atoms with Gasteiger partial charge in [-0.3, -0.25) is 4.79 Å². The zero-order valence-electron chi connectivity index (χ0n) is 17.5. The lowest BCUT2D eigenvalue weighted by Gasteiger charge is -2.08. The number of fused-ring (bicyclic) bond motifs is 1. The third kappa shape index (κ3) is 4.27. The summed E-state index contributed by atoms with van der Waals surface area (Å²) in [6.45, 7) is 3.28. The highest BCUT2D eigenvalue weighted by Gasteiger charge is 2.19. The molecule has 0 saturated carbocycles. The fraction of sp³-hybridized carbons (Fsp3) is 0.333. The Kier molecular flexibility index (Phi) is 6.33. The Balaban J connectivity index is 1.88. The molecular formula is C21H24N2O5S2. The van der Waals surface area contributed by atoms with Crippen LogP contribution >= 0.6 is 11.3 Å². The number of aromatic nitrogens is 1. The standard InChI is InChI=1S/C21H24N2O5S2/c1-13(2)30(25,26)15-8-6-14(7-9-15)10-20(24)22-21-23(3)16-11-17(27-4)18(28-5)12-19(16)29-21/h6-9,11-13H,10H2,1-5H3. The average molecular weight is 449 g/mol. The van der Waals surface area contributed by atoms with Crippen LogP contribution < -0.4 is 14.3 Å². The van der Waals surface area contributed by atoms with Crippen molar-refractivity contribution < 1.29 is 22.7 Å². The number of aryl methyl sites for hydroxylation is 1. The van der Waals surface area contributed by atoms with Gasteiger partial charge in [-0.2, -0.15) is 4.99 Å².